The van der Waals surface area contributed by atoms with Gasteiger partial charge in [-0.15, -0.1) is 0 Å². The molecule has 1 aliphatic heterocycles. The van der Waals surface area contributed by atoms with Crippen LogP contribution in [0.5, 0.6) is 0 Å². The van der Waals surface area contributed by atoms with Crippen molar-refractivity contribution in [2.45, 2.75) is 57.7 Å². The van der Waals surface area contributed by atoms with Gasteiger partial charge in [0.25, 0.3) is 0 Å². The van der Waals surface area contributed by atoms with E-state index in [4.69, 9.17) is 0 Å². The van der Waals surface area contributed by atoms with Gasteiger partial charge in [-0.1, -0.05) is 6.42 Å². The van der Waals surface area contributed by atoms with Crippen LogP contribution in [0.3, 0.4) is 0 Å². The molecular formula is C23H33F3N8O. The Morgan fingerprint density at radius 2 is 1.91 bits per heavy atom. The molecule has 1 amide bonds. The molecule has 2 fully saturated rings. The predicted molar refractivity (Wildman–Crippen MR) is 127 cm³/mol. The molecular weight excluding hydrogens is 461 g/mol. The number of aryl methyl sites for hydroxylation is 1. The maximum Gasteiger partial charge on any atom is 0.421 e. The number of alkyl halides is 3. The molecule has 2 aliphatic rings. The summed E-state index contributed by atoms with van der Waals surface area (Å²) in [4.78, 5) is 22.2. The maximum absolute atomic E-state index is 13.5. The van der Waals surface area contributed by atoms with Gasteiger partial charge in [0.1, 0.15) is 11.4 Å². The van der Waals surface area contributed by atoms with Crippen LogP contribution >= 0.6 is 0 Å². The van der Waals surface area contributed by atoms with Gasteiger partial charge < -0.3 is 20.9 Å². The van der Waals surface area contributed by atoms with Crippen LogP contribution < -0.4 is 16.0 Å². The molecule has 2 aromatic rings. The molecule has 192 valence electrons. The molecule has 0 radical (unpaired) electrons. The average Bonchev–Trinajstić information content (AvgIpc) is 3.12. The van der Waals surface area contributed by atoms with Crippen molar-refractivity contribution in [2.24, 2.45) is 5.92 Å². The summed E-state index contributed by atoms with van der Waals surface area (Å²) in [6.45, 7) is 4.46. The van der Waals surface area contributed by atoms with Crippen molar-refractivity contribution in [3.05, 3.63) is 23.7 Å². The topological polar surface area (TPSA) is 100 Å². The number of likely N-dealkylation sites (tertiary alicyclic amines) is 1. The molecule has 0 unspecified atom stereocenters. The Kier molecular flexibility index (Phi) is 7.78. The Morgan fingerprint density at radius 3 is 2.57 bits per heavy atom. The lowest BCUT2D eigenvalue weighted by Crippen LogP contribution is -2.35. The van der Waals surface area contributed by atoms with Crippen LogP contribution in [0.25, 0.3) is 0 Å². The van der Waals surface area contributed by atoms with Gasteiger partial charge in [0.2, 0.25) is 11.9 Å². The molecule has 35 heavy (non-hydrogen) atoms. The molecule has 9 nitrogen and oxygen atoms in total. The lowest BCUT2D eigenvalue weighted by molar-refractivity contribution is -0.137. The lowest BCUT2D eigenvalue weighted by Gasteiger charge is -2.28. The van der Waals surface area contributed by atoms with E-state index in [1.165, 1.54) is 0 Å². The van der Waals surface area contributed by atoms with E-state index in [-0.39, 0.29) is 36.2 Å². The van der Waals surface area contributed by atoms with Crippen molar-refractivity contribution in [2.75, 3.05) is 43.9 Å². The number of anilines is 3. The van der Waals surface area contributed by atoms with Crippen LogP contribution in [0.2, 0.25) is 0 Å². The van der Waals surface area contributed by atoms with E-state index in [2.05, 4.69) is 43.0 Å². The second-order valence-corrected chi connectivity index (χ2v) is 9.42. The highest BCUT2D eigenvalue weighted by Gasteiger charge is 2.35. The largest absolute Gasteiger partial charge is 0.421 e. The van der Waals surface area contributed by atoms with E-state index in [0.29, 0.717) is 18.7 Å². The van der Waals surface area contributed by atoms with Gasteiger partial charge in [0, 0.05) is 31.4 Å². The first-order valence-corrected chi connectivity index (χ1v) is 12.2. The summed E-state index contributed by atoms with van der Waals surface area (Å²) in [5.41, 5.74) is 0.456. The first-order valence-electron chi connectivity index (χ1n) is 12.2. The summed E-state index contributed by atoms with van der Waals surface area (Å²) in [5, 5.41) is 13.2. The van der Waals surface area contributed by atoms with Gasteiger partial charge in [-0.25, -0.2) is 4.98 Å². The summed E-state index contributed by atoms with van der Waals surface area (Å²) in [5.74, 6) is -0.120. The van der Waals surface area contributed by atoms with Crippen molar-refractivity contribution in [1.82, 2.24) is 30.0 Å². The highest BCUT2D eigenvalue weighted by Crippen LogP contribution is 2.34. The maximum atomic E-state index is 13.5. The summed E-state index contributed by atoms with van der Waals surface area (Å²) in [7, 11) is 2.09. The zero-order valence-corrected chi connectivity index (χ0v) is 20.2. The van der Waals surface area contributed by atoms with Gasteiger partial charge in [-0.2, -0.15) is 23.3 Å². The summed E-state index contributed by atoms with van der Waals surface area (Å²) in [6.07, 6.45) is 3.41. The Bertz CT molecular complexity index is 1010. The van der Waals surface area contributed by atoms with E-state index < -0.39 is 11.7 Å². The fraction of sp³-hybridized carbons (Fsp3) is 0.652. The van der Waals surface area contributed by atoms with Crippen LogP contribution in [0.15, 0.2) is 12.4 Å². The van der Waals surface area contributed by atoms with Crippen LogP contribution in [-0.2, 0) is 11.0 Å². The van der Waals surface area contributed by atoms with Crippen LogP contribution in [0.4, 0.5) is 30.6 Å². The zero-order valence-electron chi connectivity index (χ0n) is 20.2. The summed E-state index contributed by atoms with van der Waals surface area (Å²) < 4.78 is 42.4. The van der Waals surface area contributed by atoms with Crippen LogP contribution in [0, 0.1) is 12.8 Å². The predicted octanol–water partition coefficient (Wildman–Crippen LogP) is 3.73. The summed E-state index contributed by atoms with van der Waals surface area (Å²) in [6, 6.07) is 0.288. The molecule has 1 saturated carbocycles. The molecule has 1 saturated heterocycles. The smallest absolute Gasteiger partial charge is 0.369 e. The van der Waals surface area contributed by atoms with Crippen molar-refractivity contribution in [3.63, 3.8) is 0 Å². The Balaban J connectivity index is 1.38. The number of carbonyl (C=O) groups excluding carboxylic acids is 1. The number of piperidine rings is 1. The number of aromatic nitrogens is 4. The SMILES string of the molecule is Cc1nn(C2CCN(C)CC2)cc1Nc1ncc(C(F)(F)F)c(NCCCNC(=O)C2CCC2)n1. The highest BCUT2D eigenvalue weighted by atomic mass is 19.4. The molecule has 0 aromatic carbocycles. The number of nitrogens with one attached hydrogen (secondary N) is 3. The lowest BCUT2D eigenvalue weighted by atomic mass is 9.85. The Labute approximate surface area is 202 Å². The quantitative estimate of drug-likeness (QED) is 0.457. The molecule has 4 rings (SSSR count). The van der Waals surface area contributed by atoms with E-state index in [1.54, 1.807) is 0 Å². The monoisotopic (exact) mass is 494 g/mol. The molecule has 3 N–H and O–H groups in total. The second kappa shape index (κ2) is 10.8. The number of hydrogen-bond acceptors (Lipinski definition) is 7. The number of rotatable bonds is 9. The molecule has 0 atom stereocenters. The van der Waals surface area contributed by atoms with Gasteiger partial charge in [-0.05, 0) is 59.2 Å². The second-order valence-electron chi connectivity index (χ2n) is 9.42. The average molecular weight is 495 g/mol. The van der Waals surface area contributed by atoms with Gasteiger partial charge in [0.05, 0.1) is 17.4 Å². The third-order valence-electron chi connectivity index (χ3n) is 6.74. The van der Waals surface area contributed by atoms with E-state index in [0.717, 1.165) is 57.1 Å². The van der Waals surface area contributed by atoms with E-state index in [1.807, 2.05) is 17.8 Å². The van der Waals surface area contributed by atoms with Crippen LogP contribution in [-0.4, -0.2) is 63.8 Å². The number of carbonyl (C=O) groups is 1. The highest BCUT2D eigenvalue weighted by molar-refractivity contribution is 5.79. The Hall–Kier alpha value is -2.89. The van der Waals surface area contributed by atoms with Crippen molar-refractivity contribution in [3.8, 4) is 0 Å². The fourth-order valence-electron chi connectivity index (χ4n) is 4.28. The third-order valence-corrected chi connectivity index (χ3v) is 6.74. The zero-order chi connectivity index (χ0) is 25.0. The number of hydrogen-bond donors (Lipinski definition) is 3. The number of amides is 1. The minimum absolute atomic E-state index is 0.0249. The first kappa shape index (κ1) is 25.2. The van der Waals surface area contributed by atoms with E-state index >= 15 is 0 Å². The molecule has 3 heterocycles. The van der Waals surface area contributed by atoms with Crippen molar-refractivity contribution < 1.29 is 18.0 Å². The van der Waals surface area contributed by atoms with Gasteiger partial charge >= 0.3 is 6.18 Å². The molecule has 0 bridgehead atoms. The molecule has 2 aromatic heterocycles. The number of nitrogens with zero attached hydrogens (tertiary/aromatic N) is 5. The van der Waals surface area contributed by atoms with Crippen molar-refractivity contribution in [1.29, 1.82) is 0 Å². The van der Waals surface area contributed by atoms with E-state index in [9.17, 15) is 18.0 Å². The van der Waals surface area contributed by atoms with Gasteiger partial charge in [-0.3, -0.25) is 9.48 Å². The molecule has 1 aliphatic carbocycles. The molecule has 0 spiro atoms. The summed E-state index contributed by atoms with van der Waals surface area (Å²) >= 11 is 0. The standard InChI is InChI=1S/C23H33F3N8O/c1-15-19(14-34(32-15)17-7-11-33(2)12-8-17)30-22-29-13-18(23(24,25)26)20(31-22)27-9-4-10-28-21(35)16-5-3-6-16/h13-14,16-17H,3-12H2,1-2H3,(H,28,35)(H2,27,29,30,31). The minimum Gasteiger partial charge on any atom is -0.369 e. The normalized spacial score (nSPS) is 17.7. The van der Waals surface area contributed by atoms with Crippen LogP contribution in [0.1, 0.15) is 55.8 Å². The Morgan fingerprint density at radius 1 is 1.17 bits per heavy atom. The minimum atomic E-state index is -4.59. The first-order chi connectivity index (χ1) is 16.7. The molecule has 12 heteroatoms. The fourth-order valence-corrected chi connectivity index (χ4v) is 4.28. The number of halogens is 3. The third kappa shape index (κ3) is 6.41. The van der Waals surface area contributed by atoms with Crippen molar-refractivity contribution >= 4 is 23.4 Å². The van der Waals surface area contributed by atoms with Gasteiger partial charge in [0.15, 0.2) is 0 Å².